The molecule has 1 aromatic heterocycles. The van der Waals surface area contributed by atoms with E-state index in [9.17, 15) is 0 Å². The lowest BCUT2D eigenvalue weighted by Crippen LogP contribution is -2.38. The highest BCUT2D eigenvalue weighted by Crippen LogP contribution is 2.18. The number of fused-ring (bicyclic) bond motifs is 1. The lowest BCUT2D eigenvalue weighted by molar-refractivity contribution is 0.0322. The SMILES string of the molecule is c1ncc2cc(OCCN3CCOCC3)ccc2n1. The summed E-state index contributed by atoms with van der Waals surface area (Å²) in [5, 5.41) is 1.01. The van der Waals surface area contributed by atoms with Crippen LogP contribution in [0.4, 0.5) is 0 Å². The summed E-state index contributed by atoms with van der Waals surface area (Å²) in [6.07, 6.45) is 3.36. The van der Waals surface area contributed by atoms with E-state index in [1.165, 1.54) is 0 Å². The fourth-order valence-corrected chi connectivity index (χ4v) is 2.17. The molecule has 0 N–H and O–H groups in total. The summed E-state index contributed by atoms with van der Waals surface area (Å²) < 4.78 is 11.1. The number of rotatable bonds is 4. The van der Waals surface area contributed by atoms with Gasteiger partial charge in [-0.25, -0.2) is 9.97 Å². The molecule has 1 aliphatic heterocycles. The van der Waals surface area contributed by atoms with Crippen LogP contribution in [-0.4, -0.2) is 54.3 Å². The molecule has 2 aromatic rings. The van der Waals surface area contributed by atoms with Gasteiger partial charge in [-0.05, 0) is 18.2 Å². The Bertz CT molecular complexity index is 541. The van der Waals surface area contributed by atoms with Crippen LogP contribution in [0.2, 0.25) is 0 Å². The van der Waals surface area contributed by atoms with Gasteiger partial charge in [0.1, 0.15) is 18.7 Å². The molecular formula is C14H17N3O2. The molecule has 1 fully saturated rings. The lowest BCUT2D eigenvalue weighted by Gasteiger charge is -2.26. The average molecular weight is 259 g/mol. The van der Waals surface area contributed by atoms with Crippen molar-refractivity contribution in [3.63, 3.8) is 0 Å². The van der Waals surface area contributed by atoms with E-state index in [1.54, 1.807) is 12.5 Å². The van der Waals surface area contributed by atoms with Gasteiger partial charge in [-0.15, -0.1) is 0 Å². The summed E-state index contributed by atoms with van der Waals surface area (Å²) in [6.45, 7) is 5.27. The number of aromatic nitrogens is 2. The molecule has 3 rings (SSSR count). The van der Waals surface area contributed by atoms with E-state index in [0.29, 0.717) is 6.61 Å². The molecule has 0 bridgehead atoms. The maximum absolute atomic E-state index is 5.78. The largest absolute Gasteiger partial charge is 0.492 e. The van der Waals surface area contributed by atoms with Crippen molar-refractivity contribution in [1.82, 2.24) is 14.9 Å². The first-order valence-corrected chi connectivity index (χ1v) is 6.54. The molecule has 0 aliphatic carbocycles. The van der Waals surface area contributed by atoms with E-state index in [1.807, 2.05) is 18.2 Å². The predicted molar refractivity (Wildman–Crippen MR) is 72.3 cm³/mol. The topological polar surface area (TPSA) is 47.5 Å². The monoisotopic (exact) mass is 259 g/mol. The minimum Gasteiger partial charge on any atom is -0.492 e. The van der Waals surface area contributed by atoms with Crippen molar-refractivity contribution in [2.24, 2.45) is 0 Å². The van der Waals surface area contributed by atoms with Crippen LogP contribution >= 0.6 is 0 Å². The Morgan fingerprint density at radius 2 is 2.16 bits per heavy atom. The second-order valence-corrected chi connectivity index (χ2v) is 4.55. The van der Waals surface area contributed by atoms with Crippen LogP contribution in [0.15, 0.2) is 30.7 Å². The van der Waals surface area contributed by atoms with E-state index in [0.717, 1.165) is 49.5 Å². The fraction of sp³-hybridized carbons (Fsp3) is 0.429. The zero-order chi connectivity index (χ0) is 12.9. The molecule has 1 aliphatic rings. The molecule has 0 atom stereocenters. The van der Waals surface area contributed by atoms with E-state index >= 15 is 0 Å². The third kappa shape index (κ3) is 3.19. The Hall–Kier alpha value is -1.72. The van der Waals surface area contributed by atoms with Crippen molar-refractivity contribution in [1.29, 1.82) is 0 Å². The second kappa shape index (κ2) is 5.95. The minimum atomic E-state index is 0.694. The number of benzene rings is 1. The molecule has 0 saturated carbocycles. The molecule has 0 radical (unpaired) electrons. The smallest absolute Gasteiger partial charge is 0.120 e. The Morgan fingerprint density at radius 3 is 3.05 bits per heavy atom. The normalized spacial score (nSPS) is 16.6. The predicted octanol–water partition coefficient (Wildman–Crippen LogP) is 1.34. The third-order valence-corrected chi connectivity index (χ3v) is 3.26. The van der Waals surface area contributed by atoms with Crippen LogP contribution in [0.3, 0.4) is 0 Å². The maximum Gasteiger partial charge on any atom is 0.120 e. The first-order chi connectivity index (χ1) is 9.42. The van der Waals surface area contributed by atoms with Crippen LogP contribution in [0.1, 0.15) is 0 Å². The van der Waals surface area contributed by atoms with Gasteiger partial charge in [0.25, 0.3) is 0 Å². The molecule has 1 aromatic carbocycles. The van der Waals surface area contributed by atoms with Gasteiger partial charge in [-0.2, -0.15) is 0 Å². The number of nitrogens with zero attached hydrogens (tertiary/aromatic N) is 3. The van der Waals surface area contributed by atoms with Gasteiger partial charge < -0.3 is 9.47 Å². The van der Waals surface area contributed by atoms with Crippen molar-refractivity contribution in [3.8, 4) is 5.75 Å². The van der Waals surface area contributed by atoms with E-state index in [-0.39, 0.29) is 0 Å². The van der Waals surface area contributed by atoms with Gasteiger partial charge in [0.15, 0.2) is 0 Å². The van der Waals surface area contributed by atoms with Crippen molar-refractivity contribution in [2.75, 3.05) is 39.5 Å². The molecule has 5 nitrogen and oxygen atoms in total. The molecule has 0 amide bonds. The number of morpholine rings is 1. The highest BCUT2D eigenvalue weighted by atomic mass is 16.5. The molecule has 2 heterocycles. The Labute approximate surface area is 112 Å². The molecule has 19 heavy (non-hydrogen) atoms. The van der Waals surface area contributed by atoms with Crippen LogP contribution in [0.5, 0.6) is 5.75 Å². The maximum atomic E-state index is 5.78. The highest BCUT2D eigenvalue weighted by Gasteiger charge is 2.09. The number of hydrogen-bond donors (Lipinski definition) is 0. The third-order valence-electron chi connectivity index (χ3n) is 3.26. The van der Waals surface area contributed by atoms with Crippen molar-refractivity contribution >= 4 is 10.9 Å². The van der Waals surface area contributed by atoms with Crippen molar-refractivity contribution < 1.29 is 9.47 Å². The first kappa shape index (κ1) is 12.3. The Kier molecular flexibility index (Phi) is 3.86. The second-order valence-electron chi connectivity index (χ2n) is 4.55. The lowest BCUT2D eigenvalue weighted by atomic mass is 10.2. The summed E-state index contributed by atoms with van der Waals surface area (Å²) >= 11 is 0. The fourth-order valence-electron chi connectivity index (χ4n) is 2.17. The van der Waals surface area contributed by atoms with Gasteiger partial charge in [-0.3, -0.25) is 4.90 Å². The summed E-state index contributed by atoms with van der Waals surface area (Å²) in [5.41, 5.74) is 0.940. The molecular weight excluding hydrogens is 242 g/mol. The van der Waals surface area contributed by atoms with Crippen LogP contribution in [-0.2, 0) is 4.74 Å². The molecule has 5 heteroatoms. The Morgan fingerprint density at radius 1 is 1.26 bits per heavy atom. The van der Waals surface area contributed by atoms with E-state index in [2.05, 4.69) is 14.9 Å². The van der Waals surface area contributed by atoms with Crippen LogP contribution < -0.4 is 4.74 Å². The quantitative estimate of drug-likeness (QED) is 0.829. The van der Waals surface area contributed by atoms with Gasteiger partial charge in [-0.1, -0.05) is 0 Å². The van der Waals surface area contributed by atoms with Gasteiger partial charge in [0, 0.05) is 31.2 Å². The summed E-state index contributed by atoms with van der Waals surface area (Å²) in [5.74, 6) is 0.871. The van der Waals surface area contributed by atoms with Crippen molar-refractivity contribution in [3.05, 3.63) is 30.7 Å². The minimum absolute atomic E-state index is 0.694. The van der Waals surface area contributed by atoms with Crippen LogP contribution in [0, 0.1) is 0 Å². The summed E-state index contributed by atoms with van der Waals surface area (Å²) in [6, 6.07) is 5.89. The standard InChI is InChI=1S/C14H17N3O2/c1-2-14-12(10-15-11-16-14)9-13(1)19-8-5-17-3-6-18-7-4-17/h1-2,9-11H,3-8H2. The van der Waals surface area contributed by atoms with Gasteiger partial charge in [0.05, 0.1) is 18.7 Å². The molecule has 100 valence electrons. The highest BCUT2D eigenvalue weighted by molar-refractivity contribution is 5.78. The van der Waals surface area contributed by atoms with E-state index < -0.39 is 0 Å². The molecule has 0 unspecified atom stereocenters. The summed E-state index contributed by atoms with van der Waals surface area (Å²) in [4.78, 5) is 10.6. The van der Waals surface area contributed by atoms with Crippen molar-refractivity contribution in [2.45, 2.75) is 0 Å². The van der Waals surface area contributed by atoms with Gasteiger partial charge in [0.2, 0.25) is 0 Å². The molecule has 0 spiro atoms. The summed E-state index contributed by atoms with van der Waals surface area (Å²) in [7, 11) is 0. The van der Waals surface area contributed by atoms with Gasteiger partial charge >= 0.3 is 0 Å². The number of ether oxygens (including phenoxy) is 2. The number of hydrogen-bond acceptors (Lipinski definition) is 5. The van der Waals surface area contributed by atoms with E-state index in [4.69, 9.17) is 9.47 Å². The zero-order valence-corrected chi connectivity index (χ0v) is 10.8. The Balaban J connectivity index is 1.56. The first-order valence-electron chi connectivity index (χ1n) is 6.54. The average Bonchev–Trinajstić information content (AvgIpc) is 2.48. The molecule has 1 saturated heterocycles. The zero-order valence-electron chi connectivity index (χ0n) is 10.8. The van der Waals surface area contributed by atoms with Crippen LogP contribution in [0.25, 0.3) is 10.9 Å².